The third-order valence-electron chi connectivity index (χ3n) is 5.19. The van der Waals surface area contributed by atoms with Gasteiger partial charge < -0.3 is 20.3 Å². The smallest absolute Gasteiger partial charge is 0.341 e. The van der Waals surface area contributed by atoms with Gasteiger partial charge in [0.15, 0.2) is 0 Å². The number of fused-ring (bicyclic) bond motifs is 1. The van der Waals surface area contributed by atoms with Gasteiger partial charge in [0.1, 0.15) is 11.4 Å². The van der Waals surface area contributed by atoms with E-state index in [9.17, 15) is 19.1 Å². The molecule has 0 bridgehead atoms. The summed E-state index contributed by atoms with van der Waals surface area (Å²) >= 11 is 0. The molecule has 6 nitrogen and oxygen atoms in total. The molecule has 2 heterocycles. The number of aromatic nitrogens is 1. The average molecular weight is 345 g/mol. The van der Waals surface area contributed by atoms with Crippen LogP contribution in [0, 0.1) is 11.7 Å². The van der Waals surface area contributed by atoms with Gasteiger partial charge in [-0.3, -0.25) is 4.79 Å². The van der Waals surface area contributed by atoms with E-state index < -0.39 is 17.2 Å². The summed E-state index contributed by atoms with van der Waals surface area (Å²) in [5, 5.41) is 9.34. The van der Waals surface area contributed by atoms with Crippen LogP contribution < -0.4 is 16.1 Å². The molecular weight excluding hydrogens is 325 g/mol. The van der Waals surface area contributed by atoms with Gasteiger partial charge in [0.25, 0.3) is 0 Å². The van der Waals surface area contributed by atoms with E-state index in [2.05, 4.69) is 6.92 Å². The predicted molar refractivity (Wildman–Crippen MR) is 93.8 cm³/mol. The highest BCUT2D eigenvalue weighted by molar-refractivity contribution is 6.00. The van der Waals surface area contributed by atoms with Gasteiger partial charge in [0.05, 0.1) is 22.3 Å². The number of hydrogen-bond donors (Lipinski definition) is 2. The van der Waals surface area contributed by atoms with Crippen LogP contribution in [0.1, 0.15) is 42.6 Å². The normalized spacial score (nSPS) is 20.4. The van der Waals surface area contributed by atoms with Crippen LogP contribution in [-0.2, 0) is 0 Å². The molecule has 1 aromatic heterocycles. The zero-order valence-electron chi connectivity index (χ0n) is 14.0. The maximum absolute atomic E-state index is 14.8. The van der Waals surface area contributed by atoms with Gasteiger partial charge in [-0.1, -0.05) is 6.92 Å². The summed E-state index contributed by atoms with van der Waals surface area (Å²) in [7, 11) is 0. The predicted octanol–water partition coefficient (Wildman–Crippen LogP) is 2.60. The van der Waals surface area contributed by atoms with Crippen LogP contribution in [0.25, 0.3) is 10.9 Å². The summed E-state index contributed by atoms with van der Waals surface area (Å²) in [6, 6.07) is 1.26. The number of pyridine rings is 1. The molecule has 0 spiro atoms. The summed E-state index contributed by atoms with van der Waals surface area (Å²) in [4.78, 5) is 25.8. The van der Waals surface area contributed by atoms with Crippen molar-refractivity contribution in [3.63, 3.8) is 0 Å². The Kier molecular flexibility index (Phi) is 3.49. The van der Waals surface area contributed by atoms with Crippen LogP contribution in [0.2, 0.25) is 0 Å². The lowest BCUT2D eigenvalue weighted by Crippen LogP contribution is -2.24. The first-order valence-electron chi connectivity index (χ1n) is 8.53. The number of benzene rings is 1. The lowest BCUT2D eigenvalue weighted by atomic mass is 10.1. The molecule has 3 N–H and O–H groups in total. The minimum Gasteiger partial charge on any atom is -0.477 e. The third-order valence-corrected chi connectivity index (χ3v) is 5.19. The number of halogens is 1. The van der Waals surface area contributed by atoms with Crippen LogP contribution in [-0.4, -0.2) is 28.7 Å². The third kappa shape index (κ3) is 2.45. The lowest BCUT2D eigenvalue weighted by Gasteiger charge is -2.23. The second-order valence-corrected chi connectivity index (χ2v) is 7.17. The highest BCUT2D eigenvalue weighted by Gasteiger charge is 2.31. The zero-order valence-corrected chi connectivity index (χ0v) is 14.0. The van der Waals surface area contributed by atoms with Gasteiger partial charge in [-0.25, -0.2) is 9.18 Å². The highest BCUT2D eigenvalue weighted by Crippen LogP contribution is 2.42. The maximum atomic E-state index is 14.8. The van der Waals surface area contributed by atoms with Crippen molar-refractivity contribution >= 4 is 28.2 Å². The Bertz CT molecular complexity index is 949. The van der Waals surface area contributed by atoms with Crippen molar-refractivity contribution in [1.29, 1.82) is 0 Å². The molecule has 0 amide bonds. The molecule has 1 aliphatic heterocycles. The molecule has 0 radical (unpaired) electrons. The van der Waals surface area contributed by atoms with Crippen molar-refractivity contribution in [3.8, 4) is 0 Å². The molecule has 25 heavy (non-hydrogen) atoms. The minimum absolute atomic E-state index is 0.0396. The fourth-order valence-electron chi connectivity index (χ4n) is 3.76. The van der Waals surface area contributed by atoms with Crippen molar-refractivity contribution in [1.82, 2.24) is 4.57 Å². The number of nitrogens with two attached hydrogens (primary N) is 1. The maximum Gasteiger partial charge on any atom is 0.341 e. The van der Waals surface area contributed by atoms with E-state index in [4.69, 9.17) is 5.73 Å². The molecule has 2 aromatic rings. The highest BCUT2D eigenvalue weighted by atomic mass is 19.1. The first-order chi connectivity index (χ1) is 11.9. The Morgan fingerprint density at radius 3 is 2.64 bits per heavy atom. The fraction of sp³-hybridized carbons (Fsp3) is 0.444. The lowest BCUT2D eigenvalue weighted by molar-refractivity contribution is 0.0695. The first kappa shape index (κ1) is 15.9. The Morgan fingerprint density at radius 1 is 1.36 bits per heavy atom. The molecule has 1 aliphatic carbocycles. The van der Waals surface area contributed by atoms with Crippen molar-refractivity contribution in [3.05, 3.63) is 33.9 Å². The molecule has 132 valence electrons. The summed E-state index contributed by atoms with van der Waals surface area (Å²) in [6.07, 6.45) is 4.10. The van der Waals surface area contributed by atoms with Crippen LogP contribution in [0.15, 0.2) is 17.1 Å². The van der Waals surface area contributed by atoms with Crippen molar-refractivity contribution in [2.75, 3.05) is 23.7 Å². The fourth-order valence-corrected chi connectivity index (χ4v) is 3.76. The number of carbonyl (C=O) groups is 1. The summed E-state index contributed by atoms with van der Waals surface area (Å²) < 4.78 is 16.6. The van der Waals surface area contributed by atoms with Gasteiger partial charge in [-0.2, -0.15) is 0 Å². The number of anilines is 2. The first-order valence-corrected chi connectivity index (χ1v) is 8.53. The van der Waals surface area contributed by atoms with E-state index in [0.717, 1.165) is 25.3 Å². The number of nitrogens with zero attached hydrogens (tertiary/aromatic N) is 2. The van der Waals surface area contributed by atoms with E-state index >= 15 is 0 Å². The summed E-state index contributed by atoms with van der Waals surface area (Å²) in [5.74, 6) is -1.42. The molecular formula is C18H20FN3O3. The standard InChI is InChI=1S/C18H20FN3O3/c1-9-4-5-21(7-9)16-13(19)6-11-15(14(16)20)22(10-2-3-10)8-12(17(11)23)18(24)25/h6,8-10H,2-5,7,20H2,1H3,(H,24,25). The van der Waals surface area contributed by atoms with Crippen LogP contribution >= 0.6 is 0 Å². The van der Waals surface area contributed by atoms with Gasteiger partial charge in [-0.15, -0.1) is 0 Å². The monoisotopic (exact) mass is 345 g/mol. The number of aromatic carboxylic acids is 1. The summed E-state index contributed by atoms with van der Waals surface area (Å²) in [5.41, 5.74) is 6.29. The van der Waals surface area contributed by atoms with Crippen LogP contribution in [0.5, 0.6) is 0 Å². The van der Waals surface area contributed by atoms with Crippen molar-refractivity contribution < 1.29 is 14.3 Å². The van der Waals surface area contributed by atoms with Gasteiger partial charge in [0.2, 0.25) is 5.43 Å². The van der Waals surface area contributed by atoms with Crippen LogP contribution in [0.4, 0.5) is 15.8 Å². The summed E-state index contributed by atoms with van der Waals surface area (Å²) in [6.45, 7) is 3.54. The van der Waals surface area contributed by atoms with Crippen LogP contribution in [0.3, 0.4) is 0 Å². The SMILES string of the molecule is CC1CCN(c2c(F)cc3c(=O)c(C(=O)O)cn(C4CC4)c3c2N)C1. The van der Waals surface area contributed by atoms with Gasteiger partial charge in [0, 0.05) is 25.3 Å². The Balaban J connectivity index is 2.03. The van der Waals surface area contributed by atoms with Gasteiger partial charge >= 0.3 is 5.97 Å². The van der Waals surface area contributed by atoms with Gasteiger partial charge in [-0.05, 0) is 31.2 Å². The number of carboxylic acids is 1. The number of hydrogen-bond acceptors (Lipinski definition) is 4. The second kappa shape index (κ2) is 5.47. The minimum atomic E-state index is -1.31. The van der Waals surface area contributed by atoms with Crippen molar-refractivity contribution in [2.24, 2.45) is 5.92 Å². The quantitative estimate of drug-likeness (QED) is 0.835. The largest absolute Gasteiger partial charge is 0.477 e. The van der Waals surface area contributed by atoms with E-state index in [1.54, 1.807) is 4.57 Å². The van der Waals surface area contributed by atoms with E-state index in [1.165, 1.54) is 6.20 Å². The number of carboxylic acid groups (broad SMARTS) is 1. The number of nitrogen functional groups attached to an aromatic ring is 1. The van der Waals surface area contributed by atoms with E-state index in [-0.39, 0.29) is 22.7 Å². The number of rotatable bonds is 3. The molecule has 1 atom stereocenters. The molecule has 1 saturated carbocycles. The molecule has 4 rings (SSSR count). The molecule has 2 fully saturated rings. The zero-order chi connectivity index (χ0) is 17.9. The molecule has 1 aromatic carbocycles. The van der Waals surface area contributed by atoms with E-state index in [0.29, 0.717) is 30.2 Å². The van der Waals surface area contributed by atoms with E-state index in [1.807, 2.05) is 4.90 Å². The molecule has 1 saturated heterocycles. The Hall–Kier alpha value is -2.57. The molecule has 2 aliphatic rings. The Labute approximate surface area is 143 Å². The molecule has 7 heteroatoms. The molecule has 1 unspecified atom stereocenters. The van der Waals surface area contributed by atoms with Crippen molar-refractivity contribution in [2.45, 2.75) is 32.2 Å². The Morgan fingerprint density at radius 2 is 2.08 bits per heavy atom. The average Bonchev–Trinajstić information content (AvgIpc) is 3.30. The topological polar surface area (TPSA) is 88.6 Å². The second-order valence-electron chi connectivity index (χ2n) is 7.17.